The van der Waals surface area contributed by atoms with Crippen molar-refractivity contribution in [3.8, 4) is 0 Å². The number of halogens is 2. The summed E-state index contributed by atoms with van der Waals surface area (Å²) in [7, 11) is 0. The molecule has 2 aromatic heterocycles. The third-order valence-corrected chi connectivity index (χ3v) is 3.17. The van der Waals surface area contributed by atoms with Crippen molar-refractivity contribution in [2.24, 2.45) is 0 Å². The van der Waals surface area contributed by atoms with Gasteiger partial charge in [-0.25, -0.2) is 0 Å². The number of para-hydroxylation sites is 1. The van der Waals surface area contributed by atoms with Crippen molar-refractivity contribution < 1.29 is 13.6 Å². The molecule has 0 atom stereocenters. The number of benzene rings is 1. The summed E-state index contributed by atoms with van der Waals surface area (Å²) in [6.45, 7) is 0. The predicted molar refractivity (Wildman–Crippen MR) is 68.4 cm³/mol. The van der Waals surface area contributed by atoms with E-state index >= 15 is 0 Å². The van der Waals surface area contributed by atoms with Crippen LogP contribution in [0.15, 0.2) is 45.4 Å². The number of rotatable bonds is 2. The molecular weight excluding hydrogens is 275 g/mol. The SMILES string of the molecule is O=C(c1cc2cccc(Cl)c2o1)c1ccoc1Cl. The average molecular weight is 281 g/mol. The van der Waals surface area contributed by atoms with Crippen LogP contribution in [-0.4, -0.2) is 5.78 Å². The van der Waals surface area contributed by atoms with Crippen LogP contribution in [0.5, 0.6) is 0 Å². The molecule has 3 rings (SSSR count). The van der Waals surface area contributed by atoms with E-state index in [9.17, 15) is 4.79 Å². The van der Waals surface area contributed by atoms with Crippen LogP contribution < -0.4 is 0 Å². The smallest absolute Gasteiger partial charge is 0.233 e. The van der Waals surface area contributed by atoms with Crippen LogP contribution in [0.4, 0.5) is 0 Å². The zero-order chi connectivity index (χ0) is 12.7. The molecule has 0 radical (unpaired) electrons. The quantitative estimate of drug-likeness (QED) is 0.646. The van der Waals surface area contributed by atoms with E-state index in [0.29, 0.717) is 10.6 Å². The molecule has 18 heavy (non-hydrogen) atoms. The zero-order valence-electron chi connectivity index (χ0n) is 8.94. The molecule has 0 aliphatic rings. The number of furan rings is 2. The summed E-state index contributed by atoms with van der Waals surface area (Å²) in [6.07, 6.45) is 1.35. The van der Waals surface area contributed by atoms with Crippen LogP contribution in [0.2, 0.25) is 10.2 Å². The van der Waals surface area contributed by atoms with E-state index in [-0.39, 0.29) is 22.3 Å². The molecule has 5 heteroatoms. The summed E-state index contributed by atoms with van der Waals surface area (Å²) >= 11 is 11.7. The van der Waals surface area contributed by atoms with E-state index in [4.69, 9.17) is 32.0 Å². The topological polar surface area (TPSA) is 43.4 Å². The lowest BCUT2D eigenvalue weighted by molar-refractivity contribution is 0.101. The summed E-state index contributed by atoms with van der Waals surface area (Å²) in [5.41, 5.74) is 0.758. The molecule has 0 bridgehead atoms. The van der Waals surface area contributed by atoms with Crippen molar-refractivity contribution in [2.75, 3.05) is 0 Å². The summed E-state index contributed by atoms with van der Waals surface area (Å²) in [4.78, 5) is 12.1. The number of hydrogen-bond acceptors (Lipinski definition) is 3. The molecule has 0 aliphatic heterocycles. The lowest BCUT2D eigenvalue weighted by Crippen LogP contribution is -1.97. The van der Waals surface area contributed by atoms with Crippen LogP contribution in [0.1, 0.15) is 16.1 Å². The molecule has 0 N–H and O–H groups in total. The van der Waals surface area contributed by atoms with Gasteiger partial charge in [-0.05, 0) is 29.8 Å². The highest BCUT2D eigenvalue weighted by Gasteiger charge is 2.19. The molecule has 0 fully saturated rings. The van der Waals surface area contributed by atoms with Crippen molar-refractivity contribution in [1.82, 2.24) is 0 Å². The van der Waals surface area contributed by atoms with Gasteiger partial charge in [-0.2, -0.15) is 0 Å². The number of hydrogen-bond donors (Lipinski definition) is 0. The second-order valence-corrected chi connectivity index (χ2v) is 4.46. The van der Waals surface area contributed by atoms with Gasteiger partial charge >= 0.3 is 0 Å². The molecule has 0 amide bonds. The summed E-state index contributed by atoms with van der Waals surface area (Å²) in [5, 5.41) is 1.28. The second-order valence-electron chi connectivity index (χ2n) is 3.71. The minimum atomic E-state index is -0.332. The Kier molecular flexibility index (Phi) is 2.65. The largest absolute Gasteiger partial charge is 0.452 e. The molecule has 2 heterocycles. The third kappa shape index (κ3) is 1.72. The lowest BCUT2D eigenvalue weighted by atomic mass is 10.1. The van der Waals surface area contributed by atoms with Crippen molar-refractivity contribution >= 4 is 40.0 Å². The lowest BCUT2D eigenvalue weighted by Gasteiger charge is -1.93. The van der Waals surface area contributed by atoms with Gasteiger partial charge in [0.1, 0.15) is 0 Å². The van der Waals surface area contributed by atoms with Gasteiger partial charge in [0.25, 0.3) is 0 Å². The molecule has 3 aromatic rings. The molecular formula is C13H6Cl2O3. The molecule has 3 nitrogen and oxygen atoms in total. The minimum Gasteiger partial charge on any atom is -0.452 e. The average Bonchev–Trinajstić information content (AvgIpc) is 2.95. The standard InChI is InChI=1S/C13H6Cl2O3/c14-9-3-1-2-7-6-10(18-12(7)9)11(16)8-4-5-17-13(8)15/h1-6H. The Morgan fingerprint density at radius 3 is 2.67 bits per heavy atom. The zero-order valence-corrected chi connectivity index (χ0v) is 10.5. The number of ketones is 1. The Bertz CT molecular complexity index is 740. The van der Waals surface area contributed by atoms with E-state index in [1.54, 1.807) is 18.2 Å². The Hall–Kier alpha value is -1.71. The summed E-state index contributed by atoms with van der Waals surface area (Å²) in [5.74, 6) is -0.151. The highest BCUT2D eigenvalue weighted by molar-refractivity contribution is 6.35. The first kappa shape index (κ1) is 11.4. The fraction of sp³-hybridized carbons (Fsp3) is 0. The molecule has 0 saturated heterocycles. The van der Waals surface area contributed by atoms with E-state index < -0.39 is 0 Å². The minimum absolute atomic E-state index is 0.0477. The summed E-state index contributed by atoms with van der Waals surface area (Å²) in [6, 6.07) is 8.44. The third-order valence-electron chi connectivity index (χ3n) is 2.58. The second kappa shape index (κ2) is 4.19. The predicted octanol–water partition coefficient (Wildman–Crippen LogP) is 4.56. The van der Waals surface area contributed by atoms with E-state index in [1.165, 1.54) is 12.3 Å². The van der Waals surface area contributed by atoms with Crippen LogP contribution in [0, 0.1) is 0 Å². The Balaban J connectivity index is 2.13. The highest BCUT2D eigenvalue weighted by Crippen LogP contribution is 2.29. The van der Waals surface area contributed by atoms with Crippen LogP contribution in [-0.2, 0) is 0 Å². The first-order chi connectivity index (χ1) is 8.66. The van der Waals surface area contributed by atoms with Crippen molar-refractivity contribution in [2.45, 2.75) is 0 Å². The number of carbonyl (C=O) groups excluding carboxylic acids is 1. The Morgan fingerprint density at radius 1 is 1.17 bits per heavy atom. The number of fused-ring (bicyclic) bond motifs is 1. The van der Waals surface area contributed by atoms with Gasteiger partial charge in [0.2, 0.25) is 11.0 Å². The highest BCUT2D eigenvalue weighted by atomic mass is 35.5. The maximum atomic E-state index is 12.1. The fourth-order valence-electron chi connectivity index (χ4n) is 1.73. The Labute approximate surface area is 112 Å². The molecule has 0 aliphatic carbocycles. The Morgan fingerprint density at radius 2 is 2.00 bits per heavy atom. The van der Waals surface area contributed by atoms with Crippen LogP contribution in [0.3, 0.4) is 0 Å². The van der Waals surface area contributed by atoms with Gasteiger partial charge in [-0.1, -0.05) is 23.7 Å². The van der Waals surface area contributed by atoms with Gasteiger partial charge in [0.05, 0.1) is 16.8 Å². The van der Waals surface area contributed by atoms with E-state index in [2.05, 4.69) is 0 Å². The fourth-order valence-corrected chi connectivity index (χ4v) is 2.15. The van der Waals surface area contributed by atoms with E-state index in [1.807, 2.05) is 6.07 Å². The van der Waals surface area contributed by atoms with E-state index in [0.717, 1.165) is 5.39 Å². The molecule has 0 unspecified atom stereocenters. The van der Waals surface area contributed by atoms with Gasteiger partial charge in [-0.15, -0.1) is 0 Å². The molecule has 1 aromatic carbocycles. The van der Waals surface area contributed by atoms with Crippen LogP contribution in [0.25, 0.3) is 11.0 Å². The maximum Gasteiger partial charge on any atom is 0.233 e. The monoisotopic (exact) mass is 280 g/mol. The molecule has 0 saturated carbocycles. The van der Waals surface area contributed by atoms with Crippen molar-refractivity contribution in [3.05, 3.63) is 58.2 Å². The van der Waals surface area contributed by atoms with Gasteiger partial charge < -0.3 is 8.83 Å². The number of carbonyl (C=O) groups is 1. The van der Waals surface area contributed by atoms with Gasteiger partial charge in [-0.3, -0.25) is 4.79 Å². The van der Waals surface area contributed by atoms with Crippen molar-refractivity contribution in [1.29, 1.82) is 0 Å². The first-order valence-electron chi connectivity index (χ1n) is 5.12. The van der Waals surface area contributed by atoms with Gasteiger partial charge in [0, 0.05) is 5.39 Å². The molecule has 0 spiro atoms. The maximum absolute atomic E-state index is 12.1. The normalized spacial score (nSPS) is 11.0. The van der Waals surface area contributed by atoms with Crippen LogP contribution >= 0.6 is 23.2 Å². The van der Waals surface area contributed by atoms with Crippen molar-refractivity contribution in [3.63, 3.8) is 0 Å². The first-order valence-corrected chi connectivity index (χ1v) is 5.88. The molecule has 90 valence electrons. The van der Waals surface area contributed by atoms with Gasteiger partial charge in [0.15, 0.2) is 11.3 Å². The summed E-state index contributed by atoms with van der Waals surface area (Å²) < 4.78 is 10.3.